The number of anilines is 1. The van der Waals surface area contributed by atoms with E-state index in [0.717, 1.165) is 10.5 Å². The Labute approximate surface area is 242 Å². The maximum absolute atomic E-state index is 13.4. The molecule has 3 aromatic rings. The normalized spacial score (nSPS) is 14.1. The number of halogens is 1. The summed E-state index contributed by atoms with van der Waals surface area (Å²) in [6, 6.07) is 15.5. The number of hydrogen-bond donors (Lipinski definition) is 1. The molecule has 9 nitrogen and oxygen atoms in total. The van der Waals surface area contributed by atoms with Crippen LogP contribution in [0.4, 0.5) is 10.5 Å². The van der Waals surface area contributed by atoms with Gasteiger partial charge >= 0.3 is 12.0 Å². The number of nitrogens with one attached hydrogen (secondary N) is 1. The second kappa shape index (κ2) is 13.0. The lowest BCUT2D eigenvalue weighted by Crippen LogP contribution is -2.54. The van der Waals surface area contributed by atoms with Gasteiger partial charge in [-0.3, -0.25) is 14.9 Å². The highest BCUT2D eigenvalue weighted by molar-refractivity contribution is 6.39. The first-order valence-electron chi connectivity index (χ1n) is 12.6. The van der Waals surface area contributed by atoms with Crippen LogP contribution < -0.4 is 19.7 Å². The van der Waals surface area contributed by atoms with Gasteiger partial charge in [-0.25, -0.2) is 14.5 Å². The van der Waals surface area contributed by atoms with Crippen LogP contribution in [0.3, 0.4) is 0 Å². The molecule has 0 radical (unpaired) electrons. The number of urea groups is 1. The van der Waals surface area contributed by atoms with Crippen LogP contribution in [0, 0.1) is 0 Å². The summed E-state index contributed by atoms with van der Waals surface area (Å²) in [5.74, 6) is -1.35. The van der Waals surface area contributed by atoms with Crippen LogP contribution in [0.2, 0.25) is 5.02 Å². The summed E-state index contributed by atoms with van der Waals surface area (Å²) >= 11 is 6.29. The number of esters is 1. The van der Waals surface area contributed by atoms with Crippen LogP contribution in [0.15, 0.2) is 78.9 Å². The minimum absolute atomic E-state index is 0.171. The van der Waals surface area contributed by atoms with Crippen LogP contribution in [0.5, 0.6) is 11.5 Å². The molecule has 10 heteroatoms. The molecule has 1 N–H and O–H groups in total. The van der Waals surface area contributed by atoms with Crippen LogP contribution in [0.1, 0.15) is 34.0 Å². The van der Waals surface area contributed by atoms with Crippen molar-refractivity contribution < 1.29 is 33.4 Å². The molecule has 1 heterocycles. The third-order valence-corrected chi connectivity index (χ3v) is 6.48. The van der Waals surface area contributed by atoms with Gasteiger partial charge in [-0.1, -0.05) is 35.9 Å². The van der Waals surface area contributed by atoms with E-state index in [4.69, 9.17) is 21.1 Å². The number of nitrogens with zero attached hydrogens (tertiary/aromatic N) is 1. The van der Waals surface area contributed by atoms with Gasteiger partial charge in [0, 0.05) is 16.1 Å². The molecule has 41 heavy (non-hydrogen) atoms. The molecule has 0 bridgehead atoms. The van der Waals surface area contributed by atoms with Gasteiger partial charge in [-0.15, -0.1) is 6.58 Å². The first-order chi connectivity index (χ1) is 19.8. The number of imide groups is 2. The average molecular weight is 575 g/mol. The zero-order valence-corrected chi connectivity index (χ0v) is 23.2. The van der Waals surface area contributed by atoms with Gasteiger partial charge in [0.1, 0.15) is 12.2 Å². The molecule has 1 saturated heterocycles. The summed E-state index contributed by atoms with van der Waals surface area (Å²) in [6.07, 6.45) is 3.49. The van der Waals surface area contributed by atoms with Gasteiger partial charge in [0.15, 0.2) is 11.5 Å². The number of rotatable bonds is 10. The fourth-order valence-corrected chi connectivity index (χ4v) is 4.38. The van der Waals surface area contributed by atoms with Crippen molar-refractivity contribution in [1.29, 1.82) is 0 Å². The number of carbonyl (C=O) groups is 4. The number of ether oxygens (including phenoxy) is 3. The summed E-state index contributed by atoms with van der Waals surface area (Å²) in [4.78, 5) is 51.4. The number of benzene rings is 3. The monoisotopic (exact) mass is 574 g/mol. The van der Waals surface area contributed by atoms with Crippen LogP contribution >= 0.6 is 11.6 Å². The lowest BCUT2D eigenvalue weighted by molar-refractivity contribution is -0.122. The van der Waals surface area contributed by atoms with Crippen molar-refractivity contribution in [2.24, 2.45) is 0 Å². The highest BCUT2D eigenvalue weighted by Crippen LogP contribution is 2.36. The van der Waals surface area contributed by atoms with Gasteiger partial charge in [-0.2, -0.15) is 0 Å². The minimum Gasteiger partial charge on any atom is -0.490 e. The quantitative estimate of drug-likeness (QED) is 0.147. The van der Waals surface area contributed by atoms with E-state index in [1.54, 1.807) is 24.3 Å². The van der Waals surface area contributed by atoms with E-state index in [1.165, 1.54) is 37.5 Å². The van der Waals surface area contributed by atoms with Gasteiger partial charge in [-0.05, 0) is 67.4 Å². The Morgan fingerprint density at radius 1 is 1.02 bits per heavy atom. The molecule has 0 aromatic heterocycles. The second-order valence-electron chi connectivity index (χ2n) is 8.81. The maximum Gasteiger partial charge on any atom is 0.337 e. The lowest BCUT2D eigenvalue weighted by Gasteiger charge is -2.26. The molecule has 4 rings (SSSR count). The Bertz CT molecular complexity index is 1550. The zero-order valence-electron chi connectivity index (χ0n) is 22.4. The number of allylic oxidation sites excluding steroid dienone is 1. The van der Waals surface area contributed by atoms with E-state index in [-0.39, 0.29) is 23.4 Å². The molecule has 210 valence electrons. The van der Waals surface area contributed by atoms with Crippen LogP contribution in [0.25, 0.3) is 6.08 Å². The number of hydrogen-bond acceptors (Lipinski definition) is 7. The van der Waals surface area contributed by atoms with E-state index in [2.05, 4.69) is 16.6 Å². The first kappa shape index (κ1) is 29.1. The molecule has 1 aliphatic rings. The van der Waals surface area contributed by atoms with Crippen LogP contribution in [-0.2, 0) is 27.4 Å². The van der Waals surface area contributed by atoms with E-state index in [0.29, 0.717) is 40.7 Å². The number of methoxy groups -OCH3 is 1. The SMILES string of the molecule is C=CCc1cc(/C=C2\C(=O)NC(=O)N(c3ccc(C(=O)OC)cc3)C2=O)cc(OCC)c1OCc1ccccc1Cl. The molecule has 0 aliphatic carbocycles. The predicted molar refractivity (Wildman–Crippen MR) is 154 cm³/mol. The first-order valence-corrected chi connectivity index (χ1v) is 13.0. The number of amides is 4. The third-order valence-electron chi connectivity index (χ3n) is 6.11. The Hall–Kier alpha value is -4.89. The largest absolute Gasteiger partial charge is 0.490 e. The molecule has 3 aromatic carbocycles. The third kappa shape index (κ3) is 6.47. The van der Waals surface area contributed by atoms with E-state index < -0.39 is 23.8 Å². The summed E-state index contributed by atoms with van der Waals surface area (Å²) in [7, 11) is 1.25. The molecular weight excluding hydrogens is 548 g/mol. The van der Waals surface area contributed by atoms with E-state index in [9.17, 15) is 19.2 Å². The van der Waals surface area contributed by atoms with Crippen molar-refractivity contribution in [1.82, 2.24) is 5.32 Å². The van der Waals surface area contributed by atoms with E-state index >= 15 is 0 Å². The standard InChI is InChI=1S/C31H27ClN2O7/c1-4-8-21-15-19(17-26(40-5-2)27(21)41-18-22-9-6-7-10-25(22)32)16-24-28(35)33-31(38)34(29(24)36)23-13-11-20(12-14-23)30(37)39-3/h4,6-7,9-17H,1,5,8,18H2,2-3H3,(H,33,35,38)/b24-16+. The Morgan fingerprint density at radius 2 is 1.76 bits per heavy atom. The fraction of sp³-hybridized carbons (Fsp3) is 0.161. The average Bonchev–Trinajstić information content (AvgIpc) is 2.96. The lowest BCUT2D eigenvalue weighted by atomic mass is 10.0. The summed E-state index contributed by atoms with van der Waals surface area (Å²) in [6.45, 7) is 6.17. The minimum atomic E-state index is -0.909. The number of barbiturate groups is 1. The van der Waals surface area contributed by atoms with Crippen molar-refractivity contribution >= 4 is 47.2 Å². The Kier molecular flexibility index (Phi) is 9.21. The molecule has 1 fully saturated rings. The Morgan fingerprint density at radius 3 is 2.41 bits per heavy atom. The molecule has 4 amide bonds. The topological polar surface area (TPSA) is 111 Å². The molecule has 0 saturated carbocycles. The molecule has 0 spiro atoms. The second-order valence-corrected chi connectivity index (χ2v) is 9.22. The van der Waals surface area contributed by atoms with E-state index in [1.807, 2.05) is 25.1 Å². The molecule has 1 aliphatic heterocycles. The van der Waals surface area contributed by atoms with Gasteiger partial charge in [0.2, 0.25) is 0 Å². The summed E-state index contributed by atoms with van der Waals surface area (Å²) < 4.78 is 16.7. The maximum atomic E-state index is 13.4. The van der Waals surface area contributed by atoms with Gasteiger partial charge < -0.3 is 14.2 Å². The summed E-state index contributed by atoms with van der Waals surface area (Å²) in [5.41, 5.74) is 2.12. The summed E-state index contributed by atoms with van der Waals surface area (Å²) in [5, 5.41) is 2.76. The zero-order chi connectivity index (χ0) is 29.5. The van der Waals surface area contributed by atoms with Gasteiger partial charge in [0.05, 0.1) is 25.0 Å². The Balaban J connectivity index is 1.70. The highest BCUT2D eigenvalue weighted by Gasteiger charge is 2.37. The fourth-order valence-electron chi connectivity index (χ4n) is 4.19. The van der Waals surface area contributed by atoms with Crippen molar-refractivity contribution in [3.05, 3.63) is 106 Å². The molecular formula is C31H27ClN2O7. The van der Waals surface area contributed by atoms with Crippen molar-refractivity contribution in [2.45, 2.75) is 20.0 Å². The van der Waals surface area contributed by atoms with Crippen molar-refractivity contribution in [2.75, 3.05) is 18.6 Å². The van der Waals surface area contributed by atoms with Crippen molar-refractivity contribution in [3.8, 4) is 11.5 Å². The smallest absolute Gasteiger partial charge is 0.337 e. The molecule has 0 unspecified atom stereocenters. The van der Waals surface area contributed by atoms with Crippen LogP contribution in [-0.4, -0.2) is 37.5 Å². The predicted octanol–water partition coefficient (Wildman–Crippen LogP) is 5.50. The van der Waals surface area contributed by atoms with Crippen molar-refractivity contribution in [3.63, 3.8) is 0 Å². The van der Waals surface area contributed by atoms with Gasteiger partial charge in [0.25, 0.3) is 11.8 Å². The molecule has 0 atom stereocenters. The highest BCUT2D eigenvalue weighted by atomic mass is 35.5. The number of carbonyl (C=O) groups excluding carboxylic acids is 4.